The third-order valence-electron chi connectivity index (χ3n) is 6.24. The molecule has 0 radical (unpaired) electrons. The molecule has 0 spiro atoms. The lowest BCUT2D eigenvalue weighted by atomic mass is 9.95. The predicted octanol–water partition coefficient (Wildman–Crippen LogP) is 3.56. The van der Waals surface area contributed by atoms with Crippen molar-refractivity contribution in [1.82, 2.24) is 14.7 Å². The number of hydrogen-bond acceptors (Lipinski definition) is 4. The van der Waals surface area contributed by atoms with E-state index in [9.17, 15) is 14.3 Å². The second-order valence-corrected chi connectivity index (χ2v) is 8.14. The van der Waals surface area contributed by atoms with Crippen LogP contribution in [0.5, 0.6) is 5.75 Å². The van der Waals surface area contributed by atoms with Crippen molar-refractivity contribution in [2.45, 2.75) is 25.7 Å². The molecule has 2 aliphatic rings. The van der Waals surface area contributed by atoms with Gasteiger partial charge in [0.05, 0.1) is 11.4 Å². The van der Waals surface area contributed by atoms with Crippen LogP contribution in [0.3, 0.4) is 0 Å². The predicted molar refractivity (Wildman–Crippen MR) is 116 cm³/mol. The number of carbonyl (C=O) groups is 1. The number of phenols is 1. The number of rotatable bonds is 3. The monoisotopic (exact) mass is 420 g/mol. The summed E-state index contributed by atoms with van der Waals surface area (Å²) in [6.45, 7) is 2.46. The summed E-state index contributed by atoms with van der Waals surface area (Å²) in [7, 11) is 0. The minimum absolute atomic E-state index is 0.0454. The molecule has 7 heteroatoms. The number of fused-ring (bicyclic) bond motifs is 1. The van der Waals surface area contributed by atoms with E-state index in [1.54, 1.807) is 24.3 Å². The molecule has 6 nitrogen and oxygen atoms in total. The molecule has 1 aromatic heterocycles. The first kappa shape index (κ1) is 19.6. The number of piperazine rings is 1. The van der Waals surface area contributed by atoms with Crippen LogP contribution in [0, 0.1) is 5.82 Å². The summed E-state index contributed by atoms with van der Waals surface area (Å²) in [4.78, 5) is 17.4. The Hall–Kier alpha value is -3.35. The molecule has 1 aliphatic heterocycles. The van der Waals surface area contributed by atoms with Gasteiger partial charge < -0.3 is 14.9 Å². The molecule has 1 aliphatic carbocycles. The fourth-order valence-corrected chi connectivity index (χ4v) is 4.60. The summed E-state index contributed by atoms with van der Waals surface area (Å²) in [6, 6.07) is 13.5. The highest BCUT2D eigenvalue weighted by molar-refractivity contribution is 5.94. The van der Waals surface area contributed by atoms with Crippen LogP contribution < -0.4 is 4.90 Å². The van der Waals surface area contributed by atoms with Crippen LogP contribution in [0.4, 0.5) is 10.1 Å². The minimum atomic E-state index is -0.289. The largest absolute Gasteiger partial charge is 0.506 e. The van der Waals surface area contributed by atoms with E-state index in [1.165, 1.54) is 12.1 Å². The summed E-state index contributed by atoms with van der Waals surface area (Å²) in [5, 5.41) is 14.8. The molecular weight excluding hydrogens is 395 g/mol. The maximum Gasteiger partial charge on any atom is 0.274 e. The number of hydrogen-bond donors (Lipinski definition) is 1. The zero-order valence-corrected chi connectivity index (χ0v) is 17.3. The maximum atomic E-state index is 13.4. The van der Waals surface area contributed by atoms with Crippen LogP contribution in [0.15, 0.2) is 48.5 Å². The van der Waals surface area contributed by atoms with Crippen molar-refractivity contribution in [3.8, 4) is 11.4 Å². The normalized spacial score (nSPS) is 16.3. The molecule has 0 unspecified atom stereocenters. The number of aromatic nitrogens is 2. The minimum Gasteiger partial charge on any atom is -0.506 e. The van der Waals surface area contributed by atoms with Crippen LogP contribution in [0.1, 0.15) is 34.6 Å². The number of phenolic OH excluding ortho intramolecular Hbond substituents is 1. The van der Waals surface area contributed by atoms with Crippen molar-refractivity contribution in [3.63, 3.8) is 0 Å². The van der Waals surface area contributed by atoms with Crippen molar-refractivity contribution >= 4 is 11.6 Å². The van der Waals surface area contributed by atoms with Gasteiger partial charge in [0, 0.05) is 37.4 Å². The first-order chi connectivity index (χ1) is 15.1. The van der Waals surface area contributed by atoms with Crippen LogP contribution in [0.25, 0.3) is 5.69 Å². The van der Waals surface area contributed by atoms with Crippen molar-refractivity contribution < 1.29 is 14.3 Å². The maximum absolute atomic E-state index is 13.4. The van der Waals surface area contributed by atoms with Crippen LogP contribution in [0.2, 0.25) is 0 Å². The average molecular weight is 420 g/mol. The van der Waals surface area contributed by atoms with Crippen molar-refractivity contribution in [1.29, 1.82) is 0 Å². The third kappa shape index (κ3) is 3.65. The van der Waals surface area contributed by atoms with Gasteiger partial charge in [0.2, 0.25) is 0 Å². The number of carbonyl (C=O) groups excluding carboxylic acids is 1. The zero-order valence-electron chi connectivity index (χ0n) is 17.3. The third-order valence-corrected chi connectivity index (χ3v) is 6.24. The van der Waals surface area contributed by atoms with E-state index in [0.29, 0.717) is 31.9 Å². The molecular formula is C24H25FN4O2. The zero-order chi connectivity index (χ0) is 21.4. The SMILES string of the molecule is O=C(c1nn(-c2ccc(F)cc2)c2c1CCCC2)N1CCN(c2ccccc2O)CC1. The van der Waals surface area contributed by atoms with Gasteiger partial charge in [0.1, 0.15) is 11.6 Å². The summed E-state index contributed by atoms with van der Waals surface area (Å²) in [5.74, 6) is -0.0753. The topological polar surface area (TPSA) is 61.6 Å². The van der Waals surface area contributed by atoms with Gasteiger partial charge in [-0.1, -0.05) is 12.1 Å². The number of amides is 1. The van der Waals surface area contributed by atoms with Gasteiger partial charge >= 0.3 is 0 Å². The van der Waals surface area contributed by atoms with E-state index >= 15 is 0 Å². The van der Waals surface area contributed by atoms with Gasteiger partial charge in [-0.2, -0.15) is 5.10 Å². The van der Waals surface area contributed by atoms with Gasteiger partial charge in [-0.05, 0) is 62.1 Å². The fraction of sp³-hybridized carbons (Fsp3) is 0.333. The van der Waals surface area contributed by atoms with E-state index in [0.717, 1.165) is 48.3 Å². The van der Waals surface area contributed by atoms with Crippen LogP contribution >= 0.6 is 0 Å². The van der Waals surface area contributed by atoms with E-state index in [1.807, 2.05) is 21.7 Å². The molecule has 3 aromatic rings. The van der Waals surface area contributed by atoms with E-state index in [-0.39, 0.29) is 17.5 Å². The number of benzene rings is 2. The van der Waals surface area contributed by atoms with Crippen LogP contribution in [-0.4, -0.2) is 51.9 Å². The number of anilines is 1. The van der Waals surface area contributed by atoms with Gasteiger partial charge in [-0.3, -0.25) is 4.79 Å². The Bertz CT molecular complexity index is 1100. The number of para-hydroxylation sites is 2. The highest BCUT2D eigenvalue weighted by Gasteiger charge is 2.30. The Balaban J connectivity index is 1.39. The molecule has 1 amide bonds. The fourth-order valence-electron chi connectivity index (χ4n) is 4.60. The Labute approximate surface area is 180 Å². The summed E-state index contributed by atoms with van der Waals surface area (Å²) in [5.41, 5.74) is 4.20. The molecule has 0 bridgehead atoms. The Morgan fingerprint density at radius 3 is 2.39 bits per heavy atom. The quantitative estimate of drug-likeness (QED) is 0.704. The molecule has 0 atom stereocenters. The summed E-state index contributed by atoms with van der Waals surface area (Å²) in [6.07, 6.45) is 3.82. The van der Waals surface area contributed by atoms with Gasteiger partial charge in [0.25, 0.3) is 5.91 Å². The Morgan fingerprint density at radius 1 is 0.935 bits per heavy atom. The number of nitrogens with zero attached hydrogens (tertiary/aromatic N) is 4. The second-order valence-electron chi connectivity index (χ2n) is 8.14. The lowest BCUT2D eigenvalue weighted by Crippen LogP contribution is -2.49. The van der Waals surface area contributed by atoms with E-state index < -0.39 is 0 Å². The van der Waals surface area contributed by atoms with Crippen molar-refractivity contribution in [2.24, 2.45) is 0 Å². The second kappa shape index (κ2) is 8.06. The average Bonchev–Trinajstić information content (AvgIpc) is 3.19. The summed E-state index contributed by atoms with van der Waals surface area (Å²) < 4.78 is 15.2. The van der Waals surface area contributed by atoms with E-state index in [2.05, 4.69) is 4.90 Å². The number of halogens is 1. The molecule has 160 valence electrons. The first-order valence-corrected chi connectivity index (χ1v) is 10.8. The van der Waals surface area contributed by atoms with Gasteiger partial charge in [-0.15, -0.1) is 0 Å². The first-order valence-electron chi connectivity index (χ1n) is 10.8. The van der Waals surface area contributed by atoms with Gasteiger partial charge in [-0.25, -0.2) is 9.07 Å². The molecule has 1 N–H and O–H groups in total. The highest BCUT2D eigenvalue weighted by Crippen LogP contribution is 2.30. The highest BCUT2D eigenvalue weighted by atomic mass is 19.1. The summed E-state index contributed by atoms with van der Waals surface area (Å²) >= 11 is 0. The number of aromatic hydroxyl groups is 1. The lowest BCUT2D eigenvalue weighted by molar-refractivity contribution is 0.0739. The molecule has 0 saturated carbocycles. The molecule has 2 heterocycles. The molecule has 31 heavy (non-hydrogen) atoms. The standard InChI is InChI=1S/C24H25FN4O2/c25-17-9-11-18(12-10-17)29-20-6-2-1-5-19(20)23(26-29)24(31)28-15-13-27(14-16-28)21-7-3-4-8-22(21)30/h3-4,7-12,30H,1-2,5-6,13-16H2. The molecule has 2 aromatic carbocycles. The smallest absolute Gasteiger partial charge is 0.274 e. The molecule has 5 rings (SSSR count). The van der Waals surface area contributed by atoms with E-state index in [4.69, 9.17) is 5.10 Å². The van der Waals surface area contributed by atoms with Crippen molar-refractivity contribution in [2.75, 3.05) is 31.1 Å². The Kier molecular flexibility index (Phi) is 5.10. The Morgan fingerprint density at radius 2 is 1.65 bits per heavy atom. The van der Waals surface area contributed by atoms with Gasteiger partial charge in [0.15, 0.2) is 5.69 Å². The van der Waals surface area contributed by atoms with Crippen molar-refractivity contribution in [3.05, 3.63) is 71.3 Å². The van der Waals surface area contributed by atoms with Crippen LogP contribution in [-0.2, 0) is 12.8 Å². The lowest BCUT2D eigenvalue weighted by Gasteiger charge is -2.36. The molecule has 1 saturated heterocycles. The molecule has 1 fully saturated rings.